The predicted octanol–water partition coefficient (Wildman–Crippen LogP) is -0.546. The minimum atomic E-state index is 0.705. The summed E-state index contributed by atoms with van der Waals surface area (Å²) >= 11 is 0. The highest BCUT2D eigenvalue weighted by molar-refractivity contribution is 6.08. The maximum absolute atomic E-state index is 6.52. The zero-order valence-corrected chi connectivity index (χ0v) is 3.49. The van der Waals surface area contributed by atoms with Gasteiger partial charge in [-0.05, 0) is 14.3 Å². The van der Waals surface area contributed by atoms with Gasteiger partial charge in [0.05, 0.1) is 0 Å². The van der Waals surface area contributed by atoms with Gasteiger partial charge < -0.3 is 5.32 Å². The van der Waals surface area contributed by atoms with Crippen LogP contribution < -0.4 is 5.32 Å². The summed E-state index contributed by atoms with van der Waals surface area (Å²) in [7, 11) is 1.35. The lowest BCUT2D eigenvalue weighted by atomic mass is 10.2. The van der Waals surface area contributed by atoms with E-state index in [-0.39, 0.29) is 0 Å². The summed E-state index contributed by atoms with van der Waals surface area (Å²) in [5.41, 5.74) is 0. The summed E-state index contributed by atoms with van der Waals surface area (Å²) in [5.74, 6) is 0. The van der Waals surface area contributed by atoms with Gasteiger partial charge in [0.2, 0.25) is 0 Å². The van der Waals surface area contributed by atoms with E-state index >= 15 is 0 Å². The molecule has 2 heteroatoms. The lowest BCUT2D eigenvalue weighted by Gasteiger charge is -1.86. The standard InChI is InChI=1S/C3H9BN/c1-2-5-3-4/h4-5H,2-3H2,1H3/i4D. The van der Waals surface area contributed by atoms with Gasteiger partial charge in [0.1, 0.15) is 7.81 Å². The number of hydrogen-bond acceptors (Lipinski definition) is 1. The molecule has 0 aliphatic carbocycles. The first-order chi connectivity index (χ1) is 2.91. The molecule has 1 N–H and O–H groups in total. The fourth-order valence-electron chi connectivity index (χ4n) is 0.144. The molecule has 1 radical (unpaired) electrons. The van der Waals surface area contributed by atoms with Crippen molar-refractivity contribution in [2.45, 2.75) is 6.92 Å². The Hall–Kier alpha value is 0.0249. The van der Waals surface area contributed by atoms with Gasteiger partial charge in [0.25, 0.3) is 0 Å². The van der Waals surface area contributed by atoms with Crippen LogP contribution in [0.5, 0.6) is 0 Å². The van der Waals surface area contributed by atoms with Crippen molar-refractivity contribution in [3.05, 3.63) is 0 Å². The average Bonchev–Trinajstić information content (AvgIpc) is 1.61. The monoisotopic (exact) mass is 71.1 g/mol. The summed E-state index contributed by atoms with van der Waals surface area (Å²) in [6.07, 6.45) is 0.705. The van der Waals surface area contributed by atoms with Crippen LogP contribution in [0.15, 0.2) is 0 Å². The number of nitrogens with one attached hydrogen (secondary N) is 1. The molecule has 0 saturated carbocycles. The van der Waals surface area contributed by atoms with Crippen molar-refractivity contribution in [1.29, 1.82) is 1.34 Å². The smallest absolute Gasteiger partial charge is 0.106 e. The van der Waals surface area contributed by atoms with Crippen molar-refractivity contribution in [1.82, 2.24) is 5.32 Å². The minimum Gasteiger partial charge on any atom is -0.325 e. The van der Waals surface area contributed by atoms with Crippen LogP contribution in [0.25, 0.3) is 0 Å². The predicted molar refractivity (Wildman–Crippen MR) is 25.7 cm³/mol. The van der Waals surface area contributed by atoms with Crippen molar-refractivity contribution in [2.24, 2.45) is 0 Å². The first kappa shape index (κ1) is 3.22. The van der Waals surface area contributed by atoms with E-state index in [1.54, 1.807) is 0 Å². The molecule has 1 nitrogen and oxygen atoms in total. The lowest BCUT2D eigenvalue weighted by Crippen LogP contribution is -2.12. The third kappa shape index (κ3) is 4.02. The highest BCUT2D eigenvalue weighted by Crippen LogP contribution is 1.42. The molecular formula is C3H9BN. The van der Waals surface area contributed by atoms with Crippen LogP contribution in [0.4, 0.5) is 0 Å². The normalized spacial score (nSPS) is 10.2. The molecule has 0 aromatic heterocycles. The second-order valence-electron chi connectivity index (χ2n) is 0.808. The molecule has 0 heterocycles. The van der Waals surface area contributed by atoms with E-state index < -0.39 is 0 Å². The summed E-state index contributed by atoms with van der Waals surface area (Å²) in [5, 5.41) is 2.95. The van der Waals surface area contributed by atoms with Crippen molar-refractivity contribution < 1.29 is 0 Å². The molecule has 0 spiro atoms. The van der Waals surface area contributed by atoms with Gasteiger partial charge in [-0.15, -0.1) is 0 Å². The van der Waals surface area contributed by atoms with Crippen LogP contribution in [0, 0.1) is 0 Å². The SMILES string of the molecule is [2H][B]CNCC. The molecule has 0 aliphatic heterocycles. The molecular weight excluding hydrogens is 60.9 g/mol. The Morgan fingerprint density at radius 2 is 3.00 bits per heavy atom. The Kier molecular flexibility index (Phi) is 2.60. The van der Waals surface area contributed by atoms with Gasteiger partial charge >= 0.3 is 0 Å². The van der Waals surface area contributed by atoms with Crippen LogP contribution >= 0.6 is 0 Å². The second-order valence-corrected chi connectivity index (χ2v) is 0.808. The van der Waals surface area contributed by atoms with Gasteiger partial charge in [-0.25, -0.2) is 0 Å². The lowest BCUT2D eigenvalue weighted by molar-refractivity contribution is 0.834. The van der Waals surface area contributed by atoms with E-state index in [1.807, 2.05) is 6.92 Å². The van der Waals surface area contributed by atoms with Crippen LogP contribution in [-0.4, -0.2) is 22.1 Å². The van der Waals surface area contributed by atoms with Gasteiger partial charge in [0, 0.05) is 0 Å². The second kappa shape index (κ2) is 4.02. The molecule has 0 aromatic rings. The largest absolute Gasteiger partial charge is 0.325 e. The highest BCUT2D eigenvalue weighted by Gasteiger charge is 1.63. The Balaban J connectivity index is 2.34. The Labute approximate surface area is 35.5 Å². The highest BCUT2D eigenvalue weighted by atomic mass is 14.8. The molecule has 0 fully saturated rings. The number of rotatable bonds is 3. The van der Waals surface area contributed by atoms with E-state index in [9.17, 15) is 0 Å². The Morgan fingerprint density at radius 1 is 2.20 bits per heavy atom. The first-order valence-corrected chi connectivity index (χ1v) is 1.82. The van der Waals surface area contributed by atoms with Crippen LogP contribution in [0.1, 0.15) is 6.92 Å². The number of hydrogen-bond donors (Lipinski definition) is 1. The quantitative estimate of drug-likeness (QED) is 0.348. The molecule has 0 aromatic carbocycles. The van der Waals surface area contributed by atoms with E-state index in [4.69, 9.17) is 1.34 Å². The average molecular weight is 70.9 g/mol. The fourth-order valence-corrected chi connectivity index (χ4v) is 0.144. The zero-order valence-electron chi connectivity index (χ0n) is 4.49. The molecule has 0 unspecified atom stereocenters. The van der Waals surface area contributed by atoms with Crippen molar-refractivity contribution in [3.8, 4) is 0 Å². The summed E-state index contributed by atoms with van der Waals surface area (Å²) in [6.45, 7) is 2.97. The maximum atomic E-state index is 6.52. The summed E-state index contributed by atoms with van der Waals surface area (Å²) in [4.78, 5) is 0. The third-order valence-electron chi connectivity index (χ3n) is 0.394. The Bertz CT molecular complexity index is 22.8. The minimum absolute atomic E-state index is 0.705. The topological polar surface area (TPSA) is 12.0 Å². The molecule has 0 atom stereocenters. The van der Waals surface area contributed by atoms with Gasteiger partial charge in [0.15, 0.2) is 0 Å². The van der Waals surface area contributed by atoms with Crippen molar-refractivity contribution in [3.63, 3.8) is 0 Å². The summed E-state index contributed by atoms with van der Waals surface area (Å²) < 4.78 is 6.52. The summed E-state index contributed by atoms with van der Waals surface area (Å²) in [6, 6.07) is 0. The van der Waals surface area contributed by atoms with E-state index in [1.165, 1.54) is 7.81 Å². The zero-order chi connectivity index (χ0) is 4.83. The van der Waals surface area contributed by atoms with Gasteiger partial charge in [-0.2, -0.15) is 0 Å². The molecule has 0 bridgehead atoms. The van der Waals surface area contributed by atoms with Crippen molar-refractivity contribution in [2.75, 3.05) is 13.0 Å². The molecule has 5 heavy (non-hydrogen) atoms. The van der Waals surface area contributed by atoms with Crippen LogP contribution in [-0.2, 0) is 0 Å². The van der Waals surface area contributed by atoms with E-state index in [0.717, 1.165) is 6.54 Å². The van der Waals surface area contributed by atoms with E-state index in [0.29, 0.717) is 6.44 Å². The molecule has 29 valence electrons. The third-order valence-corrected chi connectivity index (χ3v) is 0.394. The van der Waals surface area contributed by atoms with Gasteiger partial charge in [-0.1, -0.05) is 6.92 Å². The molecule has 0 rings (SSSR count). The fraction of sp³-hybridized carbons (Fsp3) is 1.00. The van der Waals surface area contributed by atoms with E-state index in [2.05, 4.69) is 5.32 Å². The molecule has 0 aliphatic rings. The molecule has 0 amide bonds. The maximum Gasteiger partial charge on any atom is 0.106 e. The molecule has 0 saturated heterocycles. The first-order valence-electron chi connectivity index (χ1n) is 2.40. The van der Waals surface area contributed by atoms with Crippen LogP contribution in [0.2, 0.25) is 0 Å². The Morgan fingerprint density at radius 3 is 3.20 bits per heavy atom. The van der Waals surface area contributed by atoms with Crippen LogP contribution in [0.3, 0.4) is 0 Å². The van der Waals surface area contributed by atoms with Gasteiger partial charge in [-0.3, -0.25) is 0 Å². The van der Waals surface area contributed by atoms with Crippen molar-refractivity contribution >= 4 is 7.81 Å².